The summed E-state index contributed by atoms with van der Waals surface area (Å²) >= 11 is 0. The van der Waals surface area contributed by atoms with E-state index < -0.39 is 5.97 Å². The second-order valence-corrected chi connectivity index (χ2v) is 7.08. The normalized spacial score (nSPS) is 24.2. The predicted molar refractivity (Wildman–Crippen MR) is 88.5 cm³/mol. The molecule has 1 saturated carbocycles. The molecule has 0 spiro atoms. The Hall–Kier alpha value is -1.89. The molecular weight excluding hydrogens is 308 g/mol. The van der Waals surface area contributed by atoms with E-state index in [0.29, 0.717) is 12.5 Å². The van der Waals surface area contributed by atoms with Crippen LogP contribution < -0.4 is 5.32 Å². The quantitative estimate of drug-likeness (QED) is 0.661. The monoisotopic (exact) mass is 334 g/mol. The number of carbonyl (C=O) groups is 2. The lowest BCUT2D eigenvalue weighted by Crippen LogP contribution is -2.45. The molecule has 0 aromatic carbocycles. The number of carboxylic acid groups (broad SMARTS) is 1. The summed E-state index contributed by atoms with van der Waals surface area (Å²) < 4.78 is 0. The Bertz CT molecular complexity index is 596. The summed E-state index contributed by atoms with van der Waals surface area (Å²) in [5, 5.41) is 12.1. The number of hydrogen-bond donors (Lipinski definition) is 3. The molecule has 0 unspecified atom stereocenters. The van der Waals surface area contributed by atoms with Crippen molar-refractivity contribution in [1.29, 1.82) is 0 Å². The zero-order valence-electron chi connectivity index (χ0n) is 14.1. The minimum absolute atomic E-state index is 0.0294. The van der Waals surface area contributed by atoms with Gasteiger partial charge in [-0.05, 0) is 38.5 Å². The van der Waals surface area contributed by atoms with E-state index in [4.69, 9.17) is 5.11 Å². The van der Waals surface area contributed by atoms with Crippen molar-refractivity contribution in [3.63, 3.8) is 0 Å². The predicted octanol–water partition coefficient (Wildman–Crippen LogP) is 1.09. The molecule has 0 radical (unpaired) electrons. The molecule has 1 amide bonds. The maximum absolute atomic E-state index is 12.1. The molecule has 2 fully saturated rings. The Morgan fingerprint density at radius 3 is 2.71 bits per heavy atom. The third-order valence-corrected chi connectivity index (χ3v) is 5.14. The van der Waals surface area contributed by atoms with Crippen LogP contribution in [0, 0.1) is 12.8 Å². The number of amides is 1. The molecule has 7 heteroatoms. The first-order chi connectivity index (χ1) is 11.5. The summed E-state index contributed by atoms with van der Waals surface area (Å²) in [6, 6.07) is 0.359. The van der Waals surface area contributed by atoms with Gasteiger partial charge in [-0.3, -0.25) is 14.5 Å². The highest BCUT2D eigenvalue weighted by Crippen LogP contribution is 2.35. The van der Waals surface area contributed by atoms with E-state index in [0.717, 1.165) is 30.8 Å². The highest BCUT2D eigenvalue weighted by atomic mass is 16.4. The molecular formula is C17H26N4O3. The number of nitrogens with zero attached hydrogens (tertiary/aromatic N) is 2. The van der Waals surface area contributed by atoms with Gasteiger partial charge < -0.3 is 15.4 Å². The first-order valence-electron chi connectivity index (χ1n) is 8.76. The van der Waals surface area contributed by atoms with E-state index in [-0.39, 0.29) is 30.8 Å². The Morgan fingerprint density at radius 2 is 2.08 bits per heavy atom. The number of aromatic nitrogens is 2. The lowest BCUT2D eigenvalue weighted by atomic mass is 10.1. The number of aliphatic carboxylic acids is 1. The molecule has 3 rings (SSSR count). The van der Waals surface area contributed by atoms with Crippen LogP contribution in [0.2, 0.25) is 0 Å². The van der Waals surface area contributed by atoms with Gasteiger partial charge in [0, 0.05) is 30.9 Å². The van der Waals surface area contributed by atoms with Crippen LogP contribution in [0.4, 0.5) is 0 Å². The highest BCUT2D eigenvalue weighted by Gasteiger charge is 2.37. The largest absolute Gasteiger partial charge is 0.481 e. The van der Waals surface area contributed by atoms with Gasteiger partial charge in [0.2, 0.25) is 5.91 Å². The fourth-order valence-corrected chi connectivity index (χ4v) is 3.56. The third kappa shape index (κ3) is 4.35. The Balaban J connectivity index is 1.51. The van der Waals surface area contributed by atoms with Crippen LogP contribution in [-0.4, -0.2) is 57.0 Å². The summed E-state index contributed by atoms with van der Waals surface area (Å²) in [5.41, 5.74) is 1.69. The molecule has 0 bridgehead atoms. The fraction of sp³-hybridized carbons (Fsp3) is 0.706. The fourth-order valence-electron chi connectivity index (χ4n) is 3.56. The summed E-state index contributed by atoms with van der Waals surface area (Å²) in [6.07, 6.45) is 6.42. The topological polar surface area (TPSA) is 98.3 Å². The van der Waals surface area contributed by atoms with Crippen LogP contribution in [0.25, 0.3) is 0 Å². The highest BCUT2D eigenvalue weighted by molar-refractivity contribution is 5.78. The molecule has 1 saturated heterocycles. The minimum atomic E-state index is -0.737. The summed E-state index contributed by atoms with van der Waals surface area (Å²) in [4.78, 5) is 32.7. The number of carbonyl (C=O) groups excluding carboxylic acids is 1. The van der Waals surface area contributed by atoms with Crippen LogP contribution in [-0.2, 0) is 16.0 Å². The number of aryl methyl sites for hydroxylation is 1. The first-order valence-corrected chi connectivity index (χ1v) is 8.76. The van der Waals surface area contributed by atoms with Gasteiger partial charge in [0.15, 0.2) is 0 Å². The van der Waals surface area contributed by atoms with Crippen LogP contribution in [0.1, 0.15) is 43.5 Å². The van der Waals surface area contributed by atoms with Crippen LogP contribution in [0.15, 0.2) is 6.33 Å². The van der Waals surface area contributed by atoms with Gasteiger partial charge in [-0.1, -0.05) is 0 Å². The average molecular weight is 334 g/mol. The van der Waals surface area contributed by atoms with Crippen LogP contribution in [0.5, 0.6) is 0 Å². The molecule has 7 nitrogen and oxygen atoms in total. The second-order valence-electron chi connectivity index (χ2n) is 7.08. The maximum Gasteiger partial charge on any atom is 0.304 e. The molecule has 132 valence electrons. The van der Waals surface area contributed by atoms with E-state index in [9.17, 15) is 9.59 Å². The summed E-state index contributed by atoms with van der Waals surface area (Å²) in [5.74, 6) is -0.0537. The zero-order valence-corrected chi connectivity index (χ0v) is 14.1. The molecule has 1 aliphatic carbocycles. The molecule has 1 aromatic heterocycles. The SMILES string of the molecule is Cc1[nH]cnc1CC(=O)NC[C@@H]1CC[C@H](CC(=O)O)N1CC1CC1. The molecule has 2 atom stereocenters. The number of imidazole rings is 1. The van der Waals surface area contributed by atoms with Gasteiger partial charge in [-0.2, -0.15) is 0 Å². The lowest BCUT2D eigenvalue weighted by molar-refractivity contribution is -0.138. The molecule has 1 aromatic rings. The number of rotatable bonds is 8. The van der Waals surface area contributed by atoms with Crippen molar-refractivity contribution < 1.29 is 14.7 Å². The Labute approximate surface area is 141 Å². The van der Waals surface area contributed by atoms with Gasteiger partial charge in [-0.25, -0.2) is 4.98 Å². The Kier molecular flexibility index (Phi) is 5.18. The molecule has 2 heterocycles. The minimum Gasteiger partial charge on any atom is -0.481 e. The first kappa shape index (κ1) is 17.0. The van der Waals surface area contributed by atoms with Crippen LogP contribution in [0.3, 0.4) is 0 Å². The van der Waals surface area contributed by atoms with Crippen molar-refractivity contribution in [2.75, 3.05) is 13.1 Å². The van der Waals surface area contributed by atoms with Crippen molar-refractivity contribution in [2.24, 2.45) is 5.92 Å². The van der Waals surface area contributed by atoms with E-state index in [1.54, 1.807) is 6.33 Å². The Morgan fingerprint density at radius 1 is 1.33 bits per heavy atom. The van der Waals surface area contributed by atoms with Crippen molar-refractivity contribution >= 4 is 11.9 Å². The van der Waals surface area contributed by atoms with Crippen molar-refractivity contribution in [1.82, 2.24) is 20.2 Å². The van der Waals surface area contributed by atoms with Crippen molar-refractivity contribution in [2.45, 2.75) is 57.5 Å². The van der Waals surface area contributed by atoms with Gasteiger partial charge in [0.1, 0.15) is 0 Å². The number of hydrogen-bond acceptors (Lipinski definition) is 4. The van der Waals surface area contributed by atoms with E-state index in [2.05, 4.69) is 20.2 Å². The number of likely N-dealkylation sites (tertiary alicyclic amines) is 1. The zero-order chi connectivity index (χ0) is 17.1. The average Bonchev–Trinajstić information content (AvgIpc) is 3.15. The van der Waals surface area contributed by atoms with Gasteiger partial charge in [0.05, 0.1) is 24.9 Å². The smallest absolute Gasteiger partial charge is 0.304 e. The third-order valence-electron chi connectivity index (χ3n) is 5.14. The van der Waals surface area contributed by atoms with Gasteiger partial charge in [-0.15, -0.1) is 0 Å². The van der Waals surface area contributed by atoms with Crippen LogP contribution >= 0.6 is 0 Å². The lowest BCUT2D eigenvalue weighted by Gasteiger charge is -2.29. The summed E-state index contributed by atoms with van der Waals surface area (Å²) in [7, 11) is 0. The number of aromatic amines is 1. The maximum atomic E-state index is 12.1. The molecule has 3 N–H and O–H groups in total. The molecule has 2 aliphatic rings. The van der Waals surface area contributed by atoms with Gasteiger partial charge in [0.25, 0.3) is 0 Å². The standard InChI is InChI=1S/C17H26N4O3/c1-11-15(20-10-19-11)7-16(22)18-8-14-5-4-13(6-17(23)24)21(14)9-12-2-3-12/h10,12-14H,2-9H2,1H3,(H,18,22)(H,19,20)(H,23,24)/t13-,14+/m1/s1. The number of nitrogens with one attached hydrogen (secondary N) is 2. The van der Waals surface area contributed by atoms with E-state index in [1.807, 2.05) is 6.92 Å². The van der Waals surface area contributed by atoms with E-state index in [1.165, 1.54) is 12.8 Å². The molecule has 24 heavy (non-hydrogen) atoms. The van der Waals surface area contributed by atoms with Crippen molar-refractivity contribution in [3.05, 3.63) is 17.7 Å². The number of H-pyrrole nitrogens is 1. The van der Waals surface area contributed by atoms with E-state index >= 15 is 0 Å². The second kappa shape index (κ2) is 7.34. The van der Waals surface area contributed by atoms with Gasteiger partial charge >= 0.3 is 5.97 Å². The molecule has 1 aliphatic heterocycles. The van der Waals surface area contributed by atoms with Crippen molar-refractivity contribution in [3.8, 4) is 0 Å². The summed E-state index contributed by atoms with van der Waals surface area (Å²) in [6.45, 7) is 3.46. The number of carboxylic acids is 1.